The third kappa shape index (κ3) is 12.6. The molecule has 0 aliphatic carbocycles. The summed E-state index contributed by atoms with van der Waals surface area (Å²) in [6.45, 7) is 35.9. The van der Waals surface area contributed by atoms with E-state index < -0.39 is 39.2 Å². The zero-order valence-electron chi connectivity index (χ0n) is 45.0. The van der Waals surface area contributed by atoms with E-state index in [-0.39, 0.29) is 103 Å². The largest absolute Gasteiger partial charge is 0.416 e. The van der Waals surface area contributed by atoms with Crippen LogP contribution in [0.5, 0.6) is 0 Å². The van der Waals surface area contributed by atoms with Crippen LogP contribution in [0.15, 0.2) is 0 Å². The fraction of sp³-hybridized carbons (Fsp3) is 1.00. The molecule has 0 saturated carbocycles. The zero-order valence-corrected chi connectivity index (χ0v) is 47.0. The molecule has 0 amide bonds. The highest BCUT2D eigenvalue weighted by Gasteiger charge is 2.64. The summed E-state index contributed by atoms with van der Waals surface area (Å²) in [5, 5.41) is 11.5. The molecule has 5 heterocycles. The van der Waals surface area contributed by atoms with E-state index >= 15 is 0 Å². The van der Waals surface area contributed by atoms with Gasteiger partial charge in [-0.1, -0.05) is 88.9 Å². The summed E-state index contributed by atoms with van der Waals surface area (Å²) in [5.41, 5.74) is -1.49. The molecule has 1 N–H and O–H groups in total. The molecule has 0 radical (unpaired) electrons. The van der Waals surface area contributed by atoms with E-state index in [1.165, 1.54) is 0 Å². The summed E-state index contributed by atoms with van der Waals surface area (Å²) in [7, 11) is 2.02. The summed E-state index contributed by atoms with van der Waals surface area (Å²) in [4.78, 5) is 0. The van der Waals surface area contributed by atoms with Gasteiger partial charge in [-0.2, -0.15) is 0 Å². The number of methoxy groups -OCH3 is 3. The summed E-state index contributed by atoms with van der Waals surface area (Å²) in [5.74, 6) is -1.10. The Morgan fingerprint density at radius 1 is 0.848 bits per heavy atom. The van der Waals surface area contributed by atoms with Gasteiger partial charge in [0, 0.05) is 79.1 Å². The van der Waals surface area contributed by atoms with Gasteiger partial charge in [-0.25, -0.2) is 0 Å². The lowest BCUT2D eigenvalue weighted by Gasteiger charge is -2.50. The Balaban J connectivity index is 1.29. The molecule has 5 saturated heterocycles. The topological polar surface area (TPSA) is 131 Å². The van der Waals surface area contributed by atoms with Crippen molar-refractivity contribution in [3.63, 3.8) is 0 Å². The Morgan fingerprint density at radius 2 is 1.56 bits per heavy atom. The van der Waals surface area contributed by atoms with Gasteiger partial charge in [0.1, 0.15) is 25.8 Å². The van der Waals surface area contributed by atoms with Crippen molar-refractivity contribution in [1.29, 1.82) is 0 Å². The lowest BCUT2D eigenvalue weighted by molar-refractivity contribution is -0.348. The van der Waals surface area contributed by atoms with E-state index in [9.17, 15) is 5.11 Å². The SMILES string of the molecule is CC[C@@]1([C@@H]2O[C@@H]([C@H]3O[C@](COCOCC[Si](C)(C)C)(OC)[C@H](C)C[C@@H]3C)C[C@@H]2C)CC[C@H]([C@]2(CO)CC[C@]3(C[C@H](OCOC)[C@@H](C)[C@@H]([C@@H](C)[C@@H](OC)[C@H](C)CO[Si](C)(C)C(C)(C)C)O3)O2)O1. The summed E-state index contributed by atoms with van der Waals surface area (Å²) >= 11 is 0. The average molecular weight is 976 g/mol. The van der Waals surface area contributed by atoms with Crippen molar-refractivity contribution in [3.05, 3.63) is 0 Å². The Labute approximate surface area is 403 Å². The molecule has 0 aromatic rings. The predicted octanol–water partition coefficient (Wildman–Crippen LogP) is 9.80. The number of ether oxygens (including phenoxy) is 11. The number of hydrogen-bond donors (Lipinski definition) is 1. The first-order valence-electron chi connectivity index (χ1n) is 25.8. The minimum Gasteiger partial charge on any atom is -0.416 e. The van der Waals surface area contributed by atoms with Gasteiger partial charge in [0.2, 0.25) is 0 Å². The van der Waals surface area contributed by atoms with Crippen LogP contribution in [-0.4, -0.2) is 148 Å². The van der Waals surface area contributed by atoms with Crippen molar-refractivity contribution in [2.45, 2.75) is 230 Å². The molecule has 0 unspecified atom stereocenters. The van der Waals surface area contributed by atoms with E-state index in [1.54, 1.807) is 21.3 Å². The second-order valence-electron chi connectivity index (χ2n) is 24.4. The quantitative estimate of drug-likeness (QED) is 0.0593. The lowest BCUT2D eigenvalue weighted by Crippen LogP contribution is -2.58. The molecule has 17 atom stereocenters. The number of rotatable bonds is 23. The van der Waals surface area contributed by atoms with Crippen molar-refractivity contribution in [2.24, 2.45) is 35.5 Å². The number of aliphatic hydroxyl groups is 1. The van der Waals surface area contributed by atoms with E-state index in [4.69, 9.17) is 56.5 Å². The average Bonchev–Trinajstić information content (AvgIpc) is 3.98. The van der Waals surface area contributed by atoms with Gasteiger partial charge in [-0.3, -0.25) is 0 Å². The van der Waals surface area contributed by atoms with Crippen LogP contribution < -0.4 is 0 Å². The van der Waals surface area contributed by atoms with E-state index in [0.717, 1.165) is 38.1 Å². The molecule has 0 aromatic carbocycles. The highest BCUT2D eigenvalue weighted by molar-refractivity contribution is 6.76. The van der Waals surface area contributed by atoms with Crippen LogP contribution in [-0.2, 0) is 56.5 Å². The van der Waals surface area contributed by atoms with E-state index in [2.05, 4.69) is 102 Å². The minimum absolute atomic E-state index is 0.00901. The van der Waals surface area contributed by atoms with Crippen LogP contribution in [0.2, 0.25) is 43.8 Å². The fourth-order valence-electron chi connectivity index (χ4n) is 11.9. The van der Waals surface area contributed by atoms with Crippen molar-refractivity contribution in [2.75, 3.05) is 61.3 Å². The van der Waals surface area contributed by atoms with E-state index in [1.807, 2.05) is 0 Å². The van der Waals surface area contributed by atoms with Gasteiger partial charge in [0.05, 0.1) is 54.9 Å². The predicted molar refractivity (Wildman–Crippen MR) is 263 cm³/mol. The molecule has 15 heteroatoms. The maximum atomic E-state index is 11.4. The summed E-state index contributed by atoms with van der Waals surface area (Å²) in [6, 6.07) is 1.10. The van der Waals surface area contributed by atoms with Crippen molar-refractivity contribution < 1.29 is 61.6 Å². The molecule has 5 rings (SSSR count). The highest BCUT2D eigenvalue weighted by atomic mass is 28.4. The van der Waals surface area contributed by atoms with Crippen molar-refractivity contribution in [3.8, 4) is 0 Å². The van der Waals surface area contributed by atoms with Gasteiger partial charge in [-0.05, 0) is 74.5 Å². The maximum Gasteiger partial charge on any atom is 0.194 e. The molecule has 5 aliphatic heterocycles. The first-order chi connectivity index (χ1) is 30.8. The molecule has 13 nitrogen and oxygen atoms in total. The van der Waals surface area contributed by atoms with Crippen LogP contribution in [0.4, 0.5) is 0 Å². The van der Waals surface area contributed by atoms with Crippen molar-refractivity contribution in [1.82, 2.24) is 0 Å². The molecular weight excluding hydrogens is 877 g/mol. The second-order valence-corrected chi connectivity index (χ2v) is 34.8. The van der Waals surface area contributed by atoms with Gasteiger partial charge in [0.25, 0.3) is 0 Å². The second kappa shape index (κ2) is 22.8. The van der Waals surface area contributed by atoms with Gasteiger partial charge >= 0.3 is 0 Å². The van der Waals surface area contributed by atoms with Crippen molar-refractivity contribution >= 4 is 16.4 Å². The Hall–Kier alpha value is -0.0862. The van der Waals surface area contributed by atoms with Gasteiger partial charge < -0.3 is 61.6 Å². The molecule has 66 heavy (non-hydrogen) atoms. The zero-order chi connectivity index (χ0) is 49.1. The highest BCUT2D eigenvalue weighted by Crippen LogP contribution is 2.55. The third-order valence-corrected chi connectivity index (χ3v) is 23.4. The van der Waals surface area contributed by atoms with Crippen LogP contribution in [0.25, 0.3) is 0 Å². The third-order valence-electron chi connectivity index (χ3n) is 17.2. The maximum absolute atomic E-state index is 11.4. The standard InChI is InChI=1S/C51H98O13Si2/c1-19-48(46-35(3)27-40(60-46)44-34(2)26-37(5)51(55-13,63-44)31-57-33-56-24-25-65(14,15)16)21-20-42(61-48)49(30-52)22-23-50(64-49)28-41(58-32-53-11)38(6)45(62-50)39(7)43(54-12)36(4)29-59-66(17,18)47(8,9)10/h34-46,52H,19-33H2,1-18H3/t34-,35-,36+,37+,38+,39-,40+,41-,42+,43-,44-,45-,46+,48-,49+,50+,51-/m0/s1. The lowest BCUT2D eigenvalue weighted by atomic mass is 9.78. The van der Waals surface area contributed by atoms with Gasteiger partial charge in [0.15, 0.2) is 19.9 Å². The molecule has 0 aromatic heterocycles. The van der Waals surface area contributed by atoms with Gasteiger partial charge in [-0.15, -0.1) is 0 Å². The number of aliphatic hydroxyl groups excluding tert-OH is 1. The Kier molecular flexibility index (Phi) is 19.6. The number of hydrogen-bond acceptors (Lipinski definition) is 13. The molecular formula is C51H98O13Si2. The summed E-state index contributed by atoms with van der Waals surface area (Å²) in [6.07, 6.45) is 4.51. The first kappa shape index (κ1) is 56.8. The normalized spacial score (nSPS) is 40.6. The smallest absolute Gasteiger partial charge is 0.194 e. The van der Waals surface area contributed by atoms with Crippen LogP contribution in [0.3, 0.4) is 0 Å². The van der Waals surface area contributed by atoms with Crippen LogP contribution >= 0.6 is 0 Å². The van der Waals surface area contributed by atoms with Crippen LogP contribution in [0, 0.1) is 35.5 Å². The summed E-state index contributed by atoms with van der Waals surface area (Å²) < 4.78 is 79.0. The Bertz CT molecular complexity index is 1500. The molecule has 0 bridgehead atoms. The minimum atomic E-state index is -1.96. The first-order valence-corrected chi connectivity index (χ1v) is 32.4. The molecule has 1 spiro atoms. The van der Waals surface area contributed by atoms with E-state index in [0.29, 0.717) is 39.1 Å². The fourth-order valence-corrected chi connectivity index (χ4v) is 13.8. The van der Waals surface area contributed by atoms with Crippen LogP contribution in [0.1, 0.15) is 121 Å². The Morgan fingerprint density at radius 3 is 2.17 bits per heavy atom. The molecule has 5 fully saturated rings. The monoisotopic (exact) mass is 975 g/mol. The molecule has 5 aliphatic rings. The molecule has 388 valence electrons.